The fourth-order valence-electron chi connectivity index (χ4n) is 3.06. The number of rotatable bonds is 18. The maximum Gasteiger partial charge on any atom is 0.169 e. The standard InChI is InChI=1S/C21H42O4/c1-19(2)15-13-11-9-7-5-3-4-6-8-10-12-14-16-20(24)21(25,17-22)18-23/h19,22-23,25H,3-18H2,1-2H3. The molecule has 0 fully saturated rings. The monoisotopic (exact) mass is 358 g/mol. The summed E-state index contributed by atoms with van der Waals surface area (Å²) in [6, 6.07) is 0. The van der Waals surface area contributed by atoms with Crippen molar-refractivity contribution in [1.82, 2.24) is 0 Å². The molecule has 0 aromatic carbocycles. The second-order valence-corrected chi connectivity index (χ2v) is 7.95. The average Bonchev–Trinajstić information content (AvgIpc) is 2.60. The van der Waals surface area contributed by atoms with Gasteiger partial charge in [0, 0.05) is 6.42 Å². The van der Waals surface area contributed by atoms with E-state index in [0.29, 0.717) is 0 Å². The molecule has 4 heteroatoms. The minimum atomic E-state index is -1.95. The predicted octanol–water partition coefficient (Wildman–Crippen LogP) is 4.39. The van der Waals surface area contributed by atoms with Crippen molar-refractivity contribution in [2.24, 2.45) is 5.92 Å². The van der Waals surface area contributed by atoms with E-state index < -0.39 is 24.6 Å². The first-order valence-corrected chi connectivity index (χ1v) is 10.4. The maximum absolute atomic E-state index is 11.7. The van der Waals surface area contributed by atoms with Crippen molar-refractivity contribution in [2.45, 2.75) is 109 Å². The van der Waals surface area contributed by atoms with E-state index in [-0.39, 0.29) is 6.42 Å². The number of ketones is 1. The molecule has 0 atom stereocenters. The second kappa shape index (κ2) is 15.8. The fourth-order valence-corrected chi connectivity index (χ4v) is 3.06. The average molecular weight is 359 g/mol. The van der Waals surface area contributed by atoms with Crippen LogP contribution in [0.1, 0.15) is 104 Å². The Kier molecular flexibility index (Phi) is 15.5. The van der Waals surface area contributed by atoms with Crippen LogP contribution >= 0.6 is 0 Å². The third-order valence-electron chi connectivity index (χ3n) is 4.98. The van der Waals surface area contributed by atoms with Crippen molar-refractivity contribution in [3.63, 3.8) is 0 Å². The molecule has 0 unspecified atom stereocenters. The second-order valence-electron chi connectivity index (χ2n) is 7.95. The van der Waals surface area contributed by atoms with Gasteiger partial charge >= 0.3 is 0 Å². The zero-order valence-electron chi connectivity index (χ0n) is 16.6. The summed E-state index contributed by atoms with van der Waals surface area (Å²) in [7, 11) is 0. The van der Waals surface area contributed by atoms with Gasteiger partial charge in [-0.1, -0.05) is 90.9 Å². The molecule has 0 aliphatic carbocycles. The molecule has 0 aromatic rings. The topological polar surface area (TPSA) is 77.8 Å². The lowest BCUT2D eigenvalue weighted by molar-refractivity contribution is -0.146. The van der Waals surface area contributed by atoms with Gasteiger partial charge in [-0.3, -0.25) is 4.79 Å². The first-order chi connectivity index (χ1) is 12.0. The van der Waals surface area contributed by atoms with Crippen LogP contribution in [0, 0.1) is 5.92 Å². The van der Waals surface area contributed by atoms with Crippen LogP contribution in [-0.2, 0) is 4.79 Å². The molecule has 0 rings (SSSR count). The fraction of sp³-hybridized carbons (Fsp3) is 0.952. The molecule has 0 heterocycles. The van der Waals surface area contributed by atoms with Gasteiger partial charge < -0.3 is 15.3 Å². The highest BCUT2D eigenvalue weighted by atomic mass is 16.4. The Morgan fingerprint density at radius 2 is 1.08 bits per heavy atom. The summed E-state index contributed by atoms with van der Waals surface area (Å²) in [5, 5.41) is 27.6. The van der Waals surface area contributed by atoms with E-state index >= 15 is 0 Å². The molecule has 0 aromatic heterocycles. The quantitative estimate of drug-likeness (QED) is 0.318. The third kappa shape index (κ3) is 13.4. The van der Waals surface area contributed by atoms with Gasteiger partial charge in [-0.2, -0.15) is 0 Å². The zero-order chi connectivity index (χ0) is 19.0. The van der Waals surface area contributed by atoms with Gasteiger partial charge in [0.2, 0.25) is 0 Å². The molecule has 0 radical (unpaired) electrons. The van der Waals surface area contributed by atoms with E-state index in [1.54, 1.807) is 0 Å². The molecule has 25 heavy (non-hydrogen) atoms. The number of unbranched alkanes of at least 4 members (excludes halogenated alkanes) is 11. The highest BCUT2D eigenvalue weighted by molar-refractivity contribution is 5.87. The van der Waals surface area contributed by atoms with Crippen molar-refractivity contribution < 1.29 is 20.1 Å². The minimum absolute atomic E-state index is 0.231. The maximum atomic E-state index is 11.7. The molecule has 3 N–H and O–H groups in total. The van der Waals surface area contributed by atoms with Crippen LogP contribution in [-0.4, -0.2) is 39.9 Å². The van der Waals surface area contributed by atoms with Crippen molar-refractivity contribution in [1.29, 1.82) is 0 Å². The largest absolute Gasteiger partial charge is 0.393 e. The summed E-state index contributed by atoms with van der Waals surface area (Å²) in [5.74, 6) is 0.388. The molecule has 0 aliphatic rings. The molecule has 0 spiro atoms. The van der Waals surface area contributed by atoms with Crippen LogP contribution in [0.4, 0.5) is 0 Å². The highest BCUT2D eigenvalue weighted by Crippen LogP contribution is 2.15. The predicted molar refractivity (Wildman–Crippen MR) is 104 cm³/mol. The molecule has 4 nitrogen and oxygen atoms in total. The van der Waals surface area contributed by atoms with Crippen LogP contribution in [0.5, 0.6) is 0 Å². The molecule has 0 saturated carbocycles. The molecule has 150 valence electrons. The summed E-state index contributed by atoms with van der Waals surface area (Å²) in [5.41, 5.74) is -1.95. The Labute approximate surface area is 155 Å². The van der Waals surface area contributed by atoms with Crippen LogP contribution in [0.15, 0.2) is 0 Å². The number of carbonyl (C=O) groups is 1. The molecule has 0 saturated heterocycles. The first-order valence-electron chi connectivity index (χ1n) is 10.4. The van der Waals surface area contributed by atoms with Crippen LogP contribution in [0.3, 0.4) is 0 Å². The number of aliphatic hydroxyl groups is 3. The van der Waals surface area contributed by atoms with Gasteiger partial charge in [-0.05, 0) is 12.3 Å². The molecule has 0 aliphatic heterocycles. The van der Waals surface area contributed by atoms with Crippen LogP contribution in [0.25, 0.3) is 0 Å². The molecular weight excluding hydrogens is 316 g/mol. The summed E-state index contributed by atoms with van der Waals surface area (Å²) in [4.78, 5) is 11.7. The number of carbonyl (C=O) groups excluding carboxylic acids is 1. The van der Waals surface area contributed by atoms with E-state index in [9.17, 15) is 9.90 Å². The smallest absolute Gasteiger partial charge is 0.169 e. The van der Waals surface area contributed by atoms with Gasteiger partial charge in [-0.15, -0.1) is 0 Å². The van der Waals surface area contributed by atoms with E-state index in [2.05, 4.69) is 13.8 Å². The van der Waals surface area contributed by atoms with Gasteiger partial charge in [0.1, 0.15) is 0 Å². The van der Waals surface area contributed by atoms with Gasteiger partial charge in [0.15, 0.2) is 11.4 Å². The van der Waals surface area contributed by atoms with Crippen molar-refractivity contribution in [2.75, 3.05) is 13.2 Å². The molecular formula is C21H42O4. The Balaban J connectivity index is 3.30. The van der Waals surface area contributed by atoms with Crippen molar-refractivity contribution >= 4 is 5.78 Å². The van der Waals surface area contributed by atoms with Crippen molar-refractivity contribution in [3.05, 3.63) is 0 Å². The van der Waals surface area contributed by atoms with Gasteiger partial charge in [-0.25, -0.2) is 0 Å². The molecule has 0 bridgehead atoms. The van der Waals surface area contributed by atoms with E-state index in [1.165, 1.54) is 64.2 Å². The lowest BCUT2D eigenvalue weighted by atomic mass is 9.95. The normalized spacial score (nSPS) is 12.1. The summed E-state index contributed by atoms with van der Waals surface area (Å²) in [6.45, 7) is 3.17. The molecule has 0 amide bonds. The van der Waals surface area contributed by atoms with Crippen LogP contribution in [0.2, 0.25) is 0 Å². The summed E-state index contributed by atoms with van der Waals surface area (Å²) < 4.78 is 0. The SMILES string of the molecule is CC(C)CCCCCCCCCCCCCCC(=O)C(O)(CO)CO. The first kappa shape index (κ1) is 24.6. The summed E-state index contributed by atoms with van der Waals surface area (Å²) in [6.07, 6.45) is 16.4. The number of Topliss-reactive ketones (excluding diaryl/α,β-unsaturated/α-hetero) is 1. The van der Waals surface area contributed by atoms with Gasteiger partial charge in [0.25, 0.3) is 0 Å². The lowest BCUT2D eigenvalue weighted by Crippen LogP contribution is -2.45. The Bertz CT molecular complexity index is 311. The van der Waals surface area contributed by atoms with Crippen molar-refractivity contribution in [3.8, 4) is 0 Å². The number of hydrogen-bond donors (Lipinski definition) is 3. The number of hydrogen-bond acceptors (Lipinski definition) is 4. The third-order valence-corrected chi connectivity index (χ3v) is 4.98. The number of aliphatic hydroxyl groups excluding tert-OH is 2. The summed E-state index contributed by atoms with van der Waals surface area (Å²) >= 11 is 0. The van der Waals surface area contributed by atoms with E-state index in [1.807, 2.05) is 0 Å². The Morgan fingerprint density at radius 1 is 0.720 bits per heavy atom. The van der Waals surface area contributed by atoms with E-state index in [0.717, 1.165) is 25.2 Å². The minimum Gasteiger partial charge on any atom is -0.393 e. The van der Waals surface area contributed by atoms with E-state index in [4.69, 9.17) is 10.2 Å². The van der Waals surface area contributed by atoms with Crippen LogP contribution < -0.4 is 0 Å². The van der Waals surface area contributed by atoms with Gasteiger partial charge in [0.05, 0.1) is 13.2 Å². The Morgan fingerprint density at radius 3 is 1.44 bits per heavy atom. The Hall–Kier alpha value is -0.450. The lowest BCUT2D eigenvalue weighted by Gasteiger charge is -2.21. The zero-order valence-corrected chi connectivity index (χ0v) is 16.6. The highest BCUT2D eigenvalue weighted by Gasteiger charge is 2.33.